The van der Waals surface area contributed by atoms with Gasteiger partial charge in [0.1, 0.15) is 5.88 Å². The van der Waals surface area contributed by atoms with E-state index in [1.165, 1.54) is 12.8 Å². The third-order valence-corrected chi connectivity index (χ3v) is 2.58. The molecule has 0 radical (unpaired) electrons. The maximum Gasteiger partial charge on any atom is 0.320 e. The molecule has 0 spiro atoms. The van der Waals surface area contributed by atoms with Crippen LogP contribution in [0.3, 0.4) is 0 Å². The molecular weight excluding hydrogens is 223 g/mol. The molecule has 0 aliphatic carbocycles. The Bertz CT molecular complexity index is 151. The lowest BCUT2D eigenvalue weighted by molar-refractivity contribution is -0.140. The van der Waals surface area contributed by atoms with Crippen LogP contribution in [-0.4, -0.2) is 23.8 Å². The molecule has 4 heteroatoms. The van der Waals surface area contributed by atoms with Gasteiger partial charge in [0.05, 0.1) is 6.61 Å². The first-order valence-electron chi connectivity index (χ1n) is 5.06. The van der Waals surface area contributed by atoms with E-state index in [1.807, 2.05) is 0 Å². The van der Waals surface area contributed by atoms with Crippen LogP contribution in [-0.2, 0) is 9.53 Å². The molecule has 0 rings (SSSR count). The van der Waals surface area contributed by atoms with E-state index < -0.39 is 0 Å². The molecule has 0 saturated carbocycles. The van der Waals surface area contributed by atoms with Crippen molar-refractivity contribution in [2.24, 2.45) is 0 Å². The lowest BCUT2D eigenvalue weighted by Gasteiger charge is -2.08. The van der Waals surface area contributed by atoms with Crippen LogP contribution in [0.25, 0.3) is 0 Å². The van der Waals surface area contributed by atoms with Gasteiger partial charge in [-0.25, -0.2) is 0 Å². The summed E-state index contributed by atoms with van der Waals surface area (Å²) in [6.45, 7) is 2.54. The van der Waals surface area contributed by atoms with E-state index in [0.29, 0.717) is 13.0 Å². The Hall–Kier alpha value is 0.0500. The van der Waals surface area contributed by atoms with Crippen molar-refractivity contribution in [1.82, 2.24) is 0 Å². The van der Waals surface area contributed by atoms with E-state index in [0.717, 1.165) is 12.8 Å². The number of hydrogen-bond donors (Lipinski definition) is 0. The molecule has 0 fully saturated rings. The molecule has 2 nitrogen and oxygen atoms in total. The average Bonchev–Trinajstić information content (AvgIpc) is 2.18. The minimum Gasteiger partial charge on any atom is -0.465 e. The summed E-state index contributed by atoms with van der Waals surface area (Å²) >= 11 is 11.3. The third kappa shape index (κ3) is 8.64. The summed E-state index contributed by atoms with van der Waals surface area (Å²) < 4.78 is 4.81. The summed E-state index contributed by atoms with van der Waals surface area (Å²) in [5.74, 6) is -0.452. The summed E-state index contributed by atoms with van der Waals surface area (Å²) in [5, 5.41) is 0.115. The summed E-state index contributed by atoms with van der Waals surface area (Å²) in [5.41, 5.74) is 0. The van der Waals surface area contributed by atoms with Crippen LogP contribution in [0.4, 0.5) is 0 Å². The third-order valence-electron chi connectivity index (χ3n) is 1.92. The Morgan fingerprint density at radius 1 is 1.36 bits per heavy atom. The minimum atomic E-state index is -0.371. The molecule has 1 unspecified atom stereocenters. The zero-order valence-electron chi connectivity index (χ0n) is 8.60. The van der Waals surface area contributed by atoms with Crippen molar-refractivity contribution < 1.29 is 9.53 Å². The van der Waals surface area contributed by atoms with E-state index in [1.54, 1.807) is 0 Å². The Morgan fingerprint density at radius 2 is 2.07 bits per heavy atom. The maximum absolute atomic E-state index is 10.7. The predicted molar refractivity (Wildman–Crippen MR) is 60.1 cm³/mol. The summed E-state index contributed by atoms with van der Waals surface area (Å²) in [6, 6.07) is 0. The maximum atomic E-state index is 10.7. The summed E-state index contributed by atoms with van der Waals surface area (Å²) in [4.78, 5) is 10.7. The quantitative estimate of drug-likeness (QED) is 0.370. The molecule has 0 heterocycles. The van der Waals surface area contributed by atoms with Gasteiger partial charge in [0, 0.05) is 5.38 Å². The number of unbranched alkanes of at least 4 members (excludes halogenated alkanes) is 2. The number of carbonyl (C=O) groups excluding carboxylic acids is 1. The number of alkyl halides is 2. The second-order valence-corrected chi connectivity index (χ2v) is 4.12. The van der Waals surface area contributed by atoms with E-state index in [2.05, 4.69) is 6.92 Å². The summed E-state index contributed by atoms with van der Waals surface area (Å²) in [6.07, 6.45) is 5.27. The van der Waals surface area contributed by atoms with Crippen molar-refractivity contribution in [3.63, 3.8) is 0 Å². The normalized spacial score (nSPS) is 12.5. The van der Waals surface area contributed by atoms with Crippen molar-refractivity contribution in [3.05, 3.63) is 0 Å². The first kappa shape index (κ1) is 14.1. The largest absolute Gasteiger partial charge is 0.465 e. The second kappa shape index (κ2) is 9.60. The Labute approximate surface area is 95.9 Å². The van der Waals surface area contributed by atoms with Crippen LogP contribution < -0.4 is 0 Å². The zero-order valence-corrected chi connectivity index (χ0v) is 10.1. The molecule has 0 aliphatic heterocycles. The Morgan fingerprint density at radius 3 is 2.64 bits per heavy atom. The smallest absolute Gasteiger partial charge is 0.320 e. The molecule has 0 saturated heterocycles. The number of carbonyl (C=O) groups is 1. The summed E-state index contributed by atoms with van der Waals surface area (Å²) in [7, 11) is 0. The molecule has 14 heavy (non-hydrogen) atoms. The molecule has 84 valence electrons. The zero-order chi connectivity index (χ0) is 10.8. The van der Waals surface area contributed by atoms with Gasteiger partial charge in [-0.1, -0.05) is 26.2 Å². The first-order valence-corrected chi connectivity index (χ1v) is 6.03. The Balaban J connectivity index is 3.26. The molecule has 0 bridgehead atoms. The minimum absolute atomic E-state index is 0.0806. The van der Waals surface area contributed by atoms with Gasteiger partial charge >= 0.3 is 5.97 Å². The number of halogens is 2. The topological polar surface area (TPSA) is 26.3 Å². The van der Waals surface area contributed by atoms with Gasteiger partial charge < -0.3 is 4.74 Å². The number of rotatable bonds is 8. The highest BCUT2D eigenvalue weighted by Crippen LogP contribution is 2.12. The molecular formula is C10H18Cl2O2. The van der Waals surface area contributed by atoms with Gasteiger partial charge in [0.2, 0.25) is 0 Å². The number of ether oxygens (including phenoxy) is 1. The van der Waals surface area contributed by atoms with Crippen molar-refractivity contribution in [1.29, 1.82) is 0 Å². The Kier molecular flexibility index (Phi) is 9.63. The van der Waals surface area contributed by atoms with Crippen LogP contribution in [0.1, 0.15) is 39.0 Å². The van der Waals surface area contributed by atoms with Crippen LogP contribution in [0, 0.1) is 0 Å². The van der Waals surface area contributed by atoms with Crippen LogP contribution >= 0.6 is 23.2 Å². The number of hydrogen-bond acceptors (Lipinski definition) is 2. The molecule has 0 aromatic rings. The monoisotopic (exact) mass is 240 g/mol. The van der Waals surface area contributed by atoms with E-state index >= 15 is 0 Å². The predicted octanol–water partition coefficient (Wildman–Crippen LogP) is 3.35. The number of esters is 1. The van der Waals surface area contributed by atoms with Crippen LogP contribution in [0.5, 0.6) is 0 Å². The fraction of sp³-hybridized carbons (Fsp3) is 0.900. The fourth-order valence-corrected chi connectivity index (χ4v) is 1.42. The average molecular weight is 241 g/mol. The highest BCUT2D eigenvalue weighted by Gasteiger charge is 2.06. The first-order chi connectivity index (χ1) is 6.70. The lowest BCUT2D eigenvalue weighted by Crippen LogP contribution is -2.10. The standard InChI is InChI=1S/C10H18Cl2O2/c1-2-3-4-5-9(12)6-7-14-10(13)8-11/h9H,2-8H2,1H3. The van der Waals surface area contributed by atoms with Gasteiger partial charge in [-0.15, -0.1) is 23.2 Å². The van der Waals surface area contributed by atoms with E-state index in [9.17, 15) is 4.79 Å². The van der Waals surface area contributed by atoms with Crippen molar-refractivity contribution in [3.8, 4) is 0 Å². The molecule has 0 aromatic heterocycles. The van der Waals surface area contributed by atoms with Gasteiger partial charge in [0.25, 0.3) is 0 Å². The fourth-order valence-electron chi connectivity index (χ4n) is 1.10. The molecule has 0 aromatic carbocycles. The van der Waals surface area contributed by atoms with E-state index in [-0.39, 0.29) is 17.2 Å². The van der Waals surface area contributed by atoms with Crippen LogP contribution in [0.2, 0.25) is 0 Å². The van der Waals surface area contributed by atoms with Crippen molar-refractivity contribution in [2.45, 2.75) is 44.4 Å². The lowest BCUT2D eigenvalue weighted by atomic mass is 10.1. The van der Waals surface area contributed by atoms with Gasteiger partial charge in [-0.2, -0.15) is 0 Å². The SMILES string of the molecule is CCCCCC(Cl)CCOC(=O)CCl. The molecule has 0 aliphatic rings. The molecule has 0 amide bonds. The van der Waals surface area contributed by atoms with E-state index in [4.69, 9.17) is 27.9 Å². The van der Waals surface area contributed by atoms with Gasteiger partial charge in [-0.05, 0) is 12.8 Å². The molecule has 1 atom stereocenters. The highest BCUT2D eigenvalue weighted by atomic mass is 35.5. The van der Waals surface area contributed by atoms with Crippen molar-refractivity contribution >= 4 is 29.2 Å². The van der Waals surface area contributed by atoms with Crippen molar-refractivity contribution in [2.75, 3.05) is 12.5 Å². The highest BCUT2D eigenvalue weighted by molar-refractivity contribution is 6.26. The second-order valence-electron chi connectivity index (χ2n) is 3.24. The van der Waals surface area contributed by atoms with Gasteiger partial charge in [-0.3, -0.25) is 4.79 Å². The van der Waals surface area contributed by atoms with Gasteiger partial charge in [0.15, 0.2) is 0 Å². The van der Waals surface area contributed by atoms with Crippen LogP contribution in [0.15, 0.2) is 0 Å². The molecule has 0 N–H and O–H groups in total.